The van der Waals surface area contributed by atoms with Gasteiger partial charge in [-0.1, -0.05) is 6.07 Å². The summed E-state index contributed by atoms with van der Waals surface area (Å²) in [6, 6.07) is 4.29. The number of methoxy groups -OCH3 is 1. The third-order valence-electron chi connectivity index (χ3n) is 2.96. The van der Waals surface area contributed by atoms with E-state index in [4.69, 9.17) is 10.5 Å². The molecule has 0 aliphatic carbocycles. The van der Waals surface area contributed by atoms with E-state index in [1.54, 1.807) is 7.11 Å². The van der Waals surface area contributed by atoms with Gasteiger partial charge < -0.3 is 15.8 Å². The van der Waals surface area contributed by atoms with Crippen molar-refractivity contribution in [2.45, 2.75) is 19.9 Å². The Morgan fingerprint density at radius 2 is 2.00 bits per heavy atom. The first-order chi connectivity index (χ1) is 7.15. The van der Waals surface area contributed by atoms with Crippen LogP contribution in [0, 0.1) is 13.8 Å². The molecule has 84 valence electrons. The maximum absolute atomic E-state index is 5.71. The summed E-state index contributed by atoms with van der Waals surface area (Å²) in [6.07, 6.45) is 0. The molecular weight excluding hydrogens is 188 g/mol. The Morgan fingerprint density at radius 3 is 2.47 bits per heavy atom. The SMILES string of the molecule is CNC(CN)c1ccc(OC)c(C)c1C. The molecule has 0 aliphatic heterocycles. The first-order valence-electron chi connectivity index (χ1n) is 5.17. The van der Waals surface area contributed by atoms with Crippen molar-refractivity contribution < 1.29 is 4.74 Å². The van der Waals surface area contributed by atoms with Gasteiger partial charge in [-0.25, -0.2) is 0 Å². The summed E-state index contributed by atoms with van der Waals surface area (Å²) in [5.74, 6) is 0.933. The quantitative estimate of drug-likeness (QED) is 0.789. The van der Waals surface area contributed by atoms with E-state index in [0.717, 1.165) is 5.75 Å². The highest BCUT2D eigenvalue weighted by Crippen LogP contribution is 2.27. The first-order valence-corrected chi connectivity index (χ1v) is 5.17. The molecule has 1 aromatic carbocycles. The lowest BCUT2D eigenvalue weighted by atomic mass is 9.97. The molecule has 1 rings (SSSR count). The van der Waals surface area contributed by atoms with E-state index in [0.29, 0.717) is 6.54 Å². The van der Waals surface area contributed by atoms with Crippen molar-refractivity contribution in [1.82, 2.24) is 5.32 Å². The minimum atomic E-state index is 0.217. The van der Waals surface area contributed by atoms with E-state index < -0.39 is 0 Å². The molecule has 0 radical (unpaired) electrons. The maximum Gasteiger partial charge on any atom is 0.122 e. The van der Waals surface area contributed by atoms with Crippen LogP contribution in [0.4, 0.5) is 0 Å². The zero-order valence-corrected chi connectivity index (χ0v) is 9.92. The molecule has 15 heavy (non-hydrogen) atoms. The van der Waals surface area contributed by atoms with Gasteiger partial charge in [-0.05, 0) is 43.7 Å². The number of hydrogen-bond acceptors (Lipinski definition) is 3. The summed E-state index contributed by atoms with van der Waals surface area (Å²) in [5.41, 5.74) is 9.39. The summed E-state index contributed by atoms with van der Waals surface area (Å²) in [5, 5.41) is 3.21. The third-order valence-corrected chi connectivity index (χ3v) is 2.96. The number of rotatable bonds is 4. The zero-order valence-electron chi connectivity index (χ0n) is 9.92. The van der Waals surface area contributed by atoms with Crippen molar-refractivity contribution >= 4 is 0 Å². The number of benzene rings is 1. The molecule has 1 unspecified atom stereocenters. The lowest BCUT2D eigenvalue weighted by Crippen LogP contribution is -2.25. The Kier molecular flexibility index (Phi) is 4.12. The summed E-state index contributed by atoms with van der Waals surface area (Å²) in [4.78, 5) is 0. The Labute approximate surface area is 91.6 Å². The lowest BCUT2D eigenvalue weighted by molar-refractivity contribution is 0.410. The molecule has 0 saturated heterocycles. The van der Waals surface area contributed by atoms with Gasteiger partial charge in [-0.3, -0.25) is 0 Å². The van der Waals surface area contributed by atoms with Crippen LogP contribution in [0.5, 0.6) is 5.75 Å². The smallest absolute Gasteiger partial charge is 0.122 e. The molecule has 1 aromatic rings. The predicted molar refractivity (Wildman–Crippen MR) is 63.3 cm³/mol. The number of ether oxygens (including phenoxy) is 1. The standard InChI is InChI=1S/C12H20N2O/c1-8-9(2)12(15-4)6-5-10(8)11(7-13)14-3/h5-6,11,14H,7,13H2,1-4H3. The number of likely N-dealkylation sites (N-methyl/N-ethyl adjacent to an activating group) is 1. The van der Waals surface area contributed by atoms with E-state index in [1.165, 1.54) is 16.7 Å². The monoisotopic (exact) mass is 208 g/mol. The van der Waals surface area contributed by atoms with Gasteiger partial charge in [-0.15, -0.1) is 0 Å². The minimum Gasteiger partial charge on any atom is -0.496 e. The molecule has 0 fully saturated rings. The van der Waals surface area contributed by atoms with Crippen molar-refractivity contribution in [2.75, 3.05) is 20.7 Å². The highest BCUT2D eigenvalue weighted by Gasteiger charge is 2.13. The molecule has 0 aliphatic rings. The van der Waals surface area contributed by atoms with E-state index in [2.05, 4.69) is 25.2 Å². The molecule has 3 nitrogen and oxygen atoms in total. The van der Waals surface area contributed by atoms with Crippen LogP contribution in [0.1, 0.15) is 22.7 Å². The second-order valence-corrected chi connectivity index (χ2v) is 3.68. The summed E-state index contributed by atoms with van der Waals surface area (Å²) >= 11 is 0. The predicted octanol–water partition coefficient (Wildman–Crippen LogP) is 1.53. The van der Waals surface area contributed by atoms with Gasteiger partial charge in [0.2, 0.25) is 0 Å². The van der Waals surface area contributed by atoms with E-state index in [1.807, 2.05) is 13.1 Å². The highest BCUT2D eigenvalue weighted by molar-refractivity contribution is 5.44. The molecule has 3 N–H and O–H groups in total. The molecule has 0 saturated carbocycles. The fraction of sp³-hybridized carbons (Fsp3) is 0.500. The molecule has 0 spiro atoms. The van der Waals surface area contributed by atoms with Crippen molar-refractivity contribution in [3.63, 3.8) is 0 Å². The number of nitrogens with one attached hydrogen (secondary N) is 1. The largest absolute Gasteiger partial charge is 0.496 e. The second-order valence-electron chi connectivity index (χ2n) is 3.68. The normalized spacial score (nSPS) is 12.6. The van der Waals surface area contributed by atoms with E-state index in [-0.39, 0.29) is 6.04 Å². The molecule has 0 aromatic heterocycles. The van der Waals surface area contributed by atoms with Gasteiger partial charge in [0.05, 0.1) is 7.11 Å². The van der Waals surface area contributed by atoms with Crippen molar-refractivity contribution in [2.24, 2.45) is 5.73 Å². The molecular formula is C12H20N2O. The minimum absolute atomic E-state index is 0.217. The van der Waals surface area contributed by atoms with Crippen molar-refractivity contribution in [3.8, 4) is 5.75 Å². The van der Waals surface area contributed by atoms with Gasteiger partial charge >= 0.3 is 0 Å². The van der Waals surface area contributed by atoms with E-state index >= 15 is 0 Å². The third kappa shape index (κ3) is 2.30. The van der Waals surface area contributed by atoms with Gasteiger partial charge in [0.25, 0.3) is 0 Å². The average molecular weight is 208 g/mol. The van der Waals surface area contributed by atoms with Crippen molar-refractivity contribution in [3.05, 3.63) is 28.8 Å². The van der Waals surface area contributed by atoms with Gasteiger partial charge in [0, 0.05) is 12.6 Å². The van der Waals surface area contributed by atoms with Gasteiger partial charge in [0.1, 0.15) is 5.75 Å². The van der Waals surface area contributed by atoms with Crippen LogP contribution in [0.3, 0.4) is 0 Å². The molecule has 0 amide bonds. The number of nitrogens with two attached hydrogens (primary N) is 1. The Hall–Kier alpha value is -1.06. The van der Waals surface area contributed by atoms with Crippen LogP contribution in [-0.4, -0.2) is 20.7 Å². The topological polar surface area (TPSA) is 47.3 Å². The van der Waals surface area contributed by atoms with Crippen LogP contribution in [0.15, 0.2) is 12.1 Å². The molecule has 0 bridgehead atoms. The van der Waals surface area contributed by atoms with Crippen LogP contribution in [0.25, 0.3) is 0 Å². The Balaban J connectivity index is 3.16. The Morgan fingerprint density at radius 1 is 1.33 bits per heavy atom. The fourth-order valence-corrected chi connectivity index (χ4v) is 1.82. The van der Waals surface area contributed by atoms with Crippen LogP contribution >= 0.6 is 0 Å². The average Bonchev–Trinajstić information content (AvgIpc) is 2.26. The van der Waals surface area contributed by atoms with E-state index in [9.17, 15) is 0 Å². The molecule has 3 heteroatoms. The van der Waals surface area contributed by atoms with Crippen LogP contribution in [-0.2, 0) is 0 Å². The molecule has 0 heterocycles. The van der Waals surface area contributed by atoms with Crippen LogP contribution in [0.2, 0.25) is 0 Å². The Bertz CT molecular complexity index is 333. The summed E-state index contributed by atoms with van der Waals surface area (Å²) in [7, 11) is 3.62. The maximum atomic E-state index is 5.71. The highest BCUT2D eigenvalue weighted by atomic mass is 16.5. The summed E-state index contributed by atoms with van der Waals surface area (Å²) in [6.45, 7) is 4.77. The second kappa shape index (κ2) is 5.14. The van der Waals surface area contributed by atoms with Gasteiger partial charge in [-0.2, -0.15) is 0 Å². The lowest BCUT2D eigenvalue weighted by Gasteiger charge is -2.19. The zero-order chi connectivity index (χ0) is 11.4. The van der Waals surface area contributed by atoms with Crippen LogP contribution < -0.4 is 15.8 Å². The van der Waals surface area contributed by atoms with Crippen molar-refractivity contribution in [1.29, 1.82) is 0 Å². The number of hydrogen-bond donors (Lipinski definition) is 2. The summed E-state index contributed by atoms with van der Waals surface area (Å²) < 4.78 is 5.28. The molecule has 1 atom stereocenters. The fourth-order valence-electron chi connectivity index (χ4n) is 1.82. The first kappa shape index (κ1) is 12.0. The van der Waals surface area contributed by atoms with Gasteiger partial charge in [0.15, 0.2) is 0 Å².